The van der Waals surface area contributed by atoms with E-state index in [2.05, 4.69) is 32.6 Å². The second-order valence-corrected chi connectivity index (χ2v) is 2.21. The van der Waals surface area contributed by atoms with Crippen molar-refractivity contribution in [2.45, 2.75) is 4.05 Å². The van der Waals surface area contributed by atoms with Gasteiger partial charge >= 0.3 is 0 Å². The summed E-state index contributed by atoms with van der Waals surface area (Å²) in [6, 6.07) is 0. The van der Waals surface area contributed by atoms with E-state index in [1.807, 2.05) is 0 Å². The van der Waals surface area contributed by atoms with Crippen LogP contribution in [0.25, 0.3) is 0 Å². The molecule has 0 saturated carbocycles. The summed E-state index contributed by atoms with van der Waals surface area (Å²) in [6.45, 7) is 0. The Hall–Kier alpha value is 0.0700. The van der Waals surface area contributed by atoms with Gasteiger partial charge in [0.25, 0.3) is 0 Å². The zero-order chi connectivity index (χ0) is 4.41. The lowest BCUT2D eigenvalue weighted by atomic mass is 10.8. The number of hydrogen-bond acceptors (Lipinski definition) is 2. The van der Waals surface area contributed by atoms with Crippen molar-refractivity contribution in [2.24, 2.45) is 9.98 Å². The fraction of sp³-hybridized carbons (Fsp3) is 0.333. The topological polar surface area (TPSA) is 24.7 Å². The molecule has 6 heavy (non-hydrogen) atoms. The standard InChI is InChI=1S/C3H3IN2/c4-3-1-5-2-6-3/h1-3H/t3-/m1/s1. The lowest BCUT2D eigenvalue weighted by Gasteiger charge is -1.79. The van der Waals surface area contributed by atoms with Crippen LogP contribution < -0.4 is 0 Å². The lowest BCUT2D eigenvalue weighted by molar-refractivity contribution is 1.34. The summed E-state index contributed by atoms with van der Waals surface area (Å²) in [5.74, 6) is 0. The van der Waals surface area contributed by atoms with Crippen LogP contribution in [0.5, 0.6) is 0 Å². The minimum absolute atomic E-state index is 0.294. The van der Waals surface area contributed by atoms with Crippen LogP contribution in [-0.2, 0) is 0 Å². The molecule has 0 aromatic carbocycles. The first-order valence-electron chi connectivity index (χ1n) is 1.58. The molecule has 0 aliphatic carbocycles. The van der Waals surface area contributed by atoms with Crippen molar-refractivity contribution in [3.63, 3.8) is 0 Å². The second-order valence-electron chi connectivity index (χ2n) is 0.935. The number of nitrogens with zero attached hydrogens (tertiary/aromatic N) is 2. The molecule has 32 valence electrons. The quantitative estimate of drug-likeness (QED) is 0.310. The van der Waals surface area contributed by atoms with E-state index in [0.717, 1.165) is 0 Å². The smallest absolute Gasteiger partial charge is 0.138 e. The fourth-order valence-corrected chi connectivity index (χ4v) is 0.580. The summed E-state index contributed by atoms with van der Waals surface area (Å²) in [5, 5.41) is 0. The Morgan fingerprint density at radius 2 is 2.50 bits per heavy atom. The summed E-state index contributed by atoms with van der Waals surface area (Å²) in [4.78, 5) is 7.62. The molecule has 0 spiro atoms. The van der Waals surface area contributed by atoms with Crippen molar-refractivity contribution in [1.29, 1.82) is 0 Å². The SMILES string of the molecule is I[C@H]1C=NC=N1. The highest BCUT2D eigenvalue weighted by Gasteiger charge is 1.94. The van der Waals surface area contributed by atoms with Crippen LogP contribution in [0.15, 0.2) is 9.98 Å². The average molecular weight is 194 g/mol. The predicted octanol–water partition coefficient (Wildman–Crippen LogP) is 0.860. The number of rotatable bonds is 0. The van der Waals surface area contributed by atoms with Gasteiger partial charge in [-0.1, -0.05) is 22.6 Å². The number of halogens is 1. The maximum absolute atomic E-state index is 3.88. The zero-order valence-electron chi connectivity index (χ0n) is 3.00. The number of aliphatic imine (C=N–C) groups is 2. The molecule has 0 N–H and O–H groups in total. The molecule has 1 aliphatic rings. The summed E-state index contributed by atoms with van der Waals surface area (Å²) in [5.41, 5.74) is 0. The molecule has 0 radical (unpaired) electrons. The predicted molar refractivity (Wildman–Crippen MR) is 34.8 cm³/mol. The van der Waals surface area contributed by atoms with Gasteiger partial charge in [-0.05, 0) is 0 Å². The van der Waals surface area contributed by atoms with Crippen LogP contribution in [0.3, 0.4) is 0 Å². The van der Waals surface area contributed by atoms with Crippen LogP contribution in [0.4, 0.5) is 0 Å². The van der Waals surface area contributed by atoms with E-state index in [9.17, 15) is 0 Å². The first-order valence-corrected chi connectivity index (χ1v) is 2.83. The van der Waals surface area contributed by atoms with Crippen LogP contribution in [0.2, 0.25) is 0 Å². The maximum Gasteiger partial charge on any atom is 0.138 e. The monoisotopic (exact) mass is 194 g/mol. The van der Waals surface area contributed by atoms with Gasteiger partial charge < -0.3 is 0 Å². The molecule has 0 amide bonds. The second kappa shape index (κ2) is 1.68. The first-order chi connectivity index (χ1) is 2.89. The van der Waals surface area contributed by atoms with E-state index >= 15 is 0 Å². The lowest BCUT2D eigenvalue weighted by Crippen LogP contribution is -1.84. The molecule has 3 heteroatoms. The Labute approximate surface area is 49.5 Å². The molecule has 0 fully saturated rings. The van der Waals surface area contributed by atoms with Crippen LogP contribution in [0, 0.1) is 0 Å². The first kappa shape index (κ1) is 4.23. The zero-order valence-corrected chi connectivity index (χ0v) is 5.16. The Bertz CT molecular complexity index is 85.0. The molecule has 0 saturated heterocycles. The fourth-order valence-electron chi connectivity index (χ4n) is 0.250. The van der Waals surface area contributed by atoms with Crippen molar-refractivity contribution in [3.05, 3.63) is 0 Å². The highest BCUT2D eigenvalue weighted by molar-refractivity contribution is 14.1. The summed E-state index contributed by atoms with van der Waals surface area (Å²) in [7, 11) is 0. The third-order valence-corrected chi connectivity index (χ3v) is 1.13. The van der Waals surface area contributed by atoms with Crippen molar-refractivity contribution in [1.82, 2.24) is 0 Å². The summed E-state index contributed by atoms with van der Waals surface area (Å²) < 4.78 is 0.294. The molecule has 1 aliphatic heterocycles. The van der Waals surface area contributed by atoms with Crippen LogP contribution in [0.1, 0.15) is 0 Å². The molecule has 0 unspecified atom stereocenters. The molecule has 0 bridgehead atoms. The molecule has 1 atom stereocenters. The third-order valence-electron chi connectivity index (χ3n) is 0.485. The van der Waals surface area contributed by atoms with Gasteiger partial charge in [0.15, 0.2) is 0 Å². The molecule has 2 nitrogen and oxygen atoms in total. The van der Waals surface area contributed by atoms with Crippen molar-refractivity contribution in [3.8, 4) is 0 Å². The minimum atomic E-state index is 0.294. The maximum atomic E-state index is 3.88. The van der Waals surface area contributed by atoms with E-state index in [1.54, 1.807) is 12.6 Å². The van der Waals surface area contributed by atoms with Gasteiger partial charge in [-0.2, -0.15) is 0 Å². The Kier molecular flexibility index (Phi) is 1.19. The minimum Gasteiger partial charge on any atom is -0.254 e. The normalized spacial score (nSPS) is 29.2. The van der Waals surface area contributed by atoms with E-state index in [1.165, 1.54) is 0 Å². The summed E-state index contributed by atoms with van der Waals surface area (Å²) >= 11 is 2.18. The molecular formula is C3H3IN2. The molecule has 1 heterocycles. The van der Waals surface area contributed by atoms with E-state index in [4.69, 9.17) is 0 Å². The highest BCUT2D eigenvalue weighted by Crippen LogP contribution is 2.00. The average Bonchev–Trinajstić information content (AvgIpc) is 1.86. The number of hydrogen-bond donors (Lipinski definition) is 0. The van der Waals surface area contributed by atoms with E-state index in [0.29, 0.717) is 4.05 Å². The Morgan fingerprint density at radius 1 is 1.67 bits per heavy atom. The molecular weight excluding hydrogens is 191 g/mol. The van der Waals surface area contributed by atoms with E-state index in [-0.39, 0.29) is 0 Å². The van der Waals surface area contributed by atoms with E-state index < -0.39 is 0 Å². The molecule has 0 aromatic rings. The third kappa shape index (κ3) is 0.767. The summed E-state index contributed by atoms with van der Waals surface area (Å²) in [6.07, 6.45) is 3.36. The van der Waals surface area contributed by atoms with Crippen molar-refractivity contribution >= 4 is 35.1 Å². The van der Waals surface area contributed by atoms with Gasteiger partial charge in [-0.3, -0.25) is 4.99 Å². The van der Waals surface area contributed by atoms with Crippen molar-refractivity contribution in [2.75, 3.05) is 0 Å². The van der Waals surface area contributed by atoms with Gasteiger partial charge in [-0.25, -0.2) is 4.99 Å². The highest BCUT2D eigenvalue weighted by atomic mass is 127. The van der Waals surface area contributed by atoms with Gasteiger partial charge in [0.1, 0.15) is 10.4 Å². The number of alkyl halides is 1. The van der Waals surface area contributed by atoms with Gasteiger partial charge in [0.2, 0.25) is 0 Å². The largest absolute Gasteiger partial charge is 0.254 e. The van der Waals surface area contributed by atoms with Crippen LogP contribution in [-0.4, -0.2) is 16.6 Å². The Morgan fingerprint density at radius 3 is 2.67 bits per heavy atom. The molecule has 0 aromatic heterocycles. The van der Waals surface area contributed by atoms with Gasteiger partial charge in [0, 0.05) is 6.21 Å². The van der Waals surface area contributed by atoms with Gasteiger partial charge in [0.05, 0.1) is 0 Å². The van der Waals surface area contributed by atoms with Crippen molar-refractivity contribution < 1.29 is 0 Å². The van der Waals surface area contributed by atoms with Gasteiger partial charge in [-0.15, -0.1) is 0 Å². The molecule has 1 rings (SSSR count). The Balaban J connectivity index is 2.60. The van der Waals surface area contributed by atoms with Crippen LogP contribution >= 0.6 is 22.6 Å².